The van der Waals surface area contributed by atoms with Gasteiger partial charge in [-0.3, -0.25) is 19.7 Å². The number of hydrogen-bond donors (Lipinski definition) is 1. The molecule has 2 heterocycles. The van der Waals surface area contributed by atoms with Crippen molar-refractivity contribution in [1.29, 1.82) is 0 Å². The van der Waals surface area contributed by atoms with Crippen LogP contribution in [0.2, 0.25) is 0 Å². The standard InChI is InChI=1S/C21H18N2O5/c24-17-10-11-21(19(26)22-17,20(27)28-13-14-6-2-1-3-7-14)23-12-15-8-4-5-9-16(15)18(23)25/h1-9H,10-13H2,(H,22,24,26)/t21-/m0/s1. The van der Waals surface area contributed by atoms with Crippen molar-refractivity contribution in [3.63, 3.8) is 0 Å². The lowest BCUT2D eigenvalue weighted by atomic mass is 9.86. The summed E-state index contributed by atoms with van der Waals surface area (Å²) in [6, 6.07) is 16.0. The highest BCUT2D eigenvalue weighted by atomic mass is 16.5. The van der Waals surface area contributed by atoms with Gasteiger partial charge < -0.3 is 9.64 Å². The summed E-state index contributed by atoms with van der Waals surface area (Å²) in [5, 5.41) is 2.20. The Balaban J connectivity index is 1.66. The number of nitrogens with one attached hydrogen (secondary N) is 1. The van der Waals surface area contributed by atoms with Gasteiger partial charge in [-0.2, -0.15) is 0 Å². The van der Waals surface area contributed by atoms with Gasteiger partial charge in [0.2, 0.25) is 11.4 Å². The van der Waals surface area contributed by atoms with Gasteiger partial charge in [0.05, 0.1) is 0 Å². The zero-order valence-corrected chi connectivity index (χ0v) is 15.0. The molecule has 0 aliphatic carbocycles. The highest BCUT2D eigenvalue weighted by Crippen LogP contribution is 2.35. The fourth-order valence-corrected chi connectivity index (χ4v) is 3.67. The van der Waals surface area contributed by atoms with Crippen LogP contribution in [0.5, 0.6) is 0 Å². The van der Waals surface area contributed by atoms with Crippen molar-refractivity contribution >= 4 is 23.7 Å². The highest BCUT2D eigenvalue weighted by molar-refractivity contribution is 6.18. The molecule has 0 aromatic heterocycles. The molecule has 0 spiro atoms. The summed E-state index contributed by atoms with van der Waals surface area (Å²) in [6.07, 6.45) is -0.155. The number of esters is 1. The molecule has 0 bridgehead atoms. The Morgan fingerprint density at radius 2 is 1.75 bits per heavy atom. The molecule has 2 aromatic carbocycles. The minimum absolute atomic E-state index is 0.0301. The number of carbonyl (C=O) groups is 4. The Kier molecular flexibility index (Phi) is 4.43. The van der Waals surface area contributed by atoms with Crippen LogP contribution >= 0.6 is 0 Å². The Labute approximate surface area is 161 Å². The summed E-state index contributed by atoms with van der Waals surface area (Å²) in [5.41, 5.74) is 0.0721. The lowest BCUT2D eigenvalue weighted by molar-refractivity contribution is -0.167. The molecule has 1 saturated heterocycles. The molecule has 1 atom stereocenters. The maximum absolute atomic E-state index is 13.1. The molecule has 7 nitrogen and oxygen atoms in total. The number of fused-ring (bicyclic) bond motifs is 1. The second kappa shape index (κ2) is 6.92. The van der Waals surface area contributed by atoms with E-state index in [2.05, 4.69) is 5.32 Å². The smallest absolute Gasteiger partial charge is 0.342 e. The van der Waals surface area contributed by atoms with E-state index >= 15 is 0 Å². The number of rotatable bonds is 4. The number of piperidine rings is 1. The molecule has 142 valence electrons. The maximum Gasteiger partial charge on any atom is 0.342 e. The molecule has 0 radical (unpaired) electrons. The van der Waals surface area contributed by atoms with Gasteiger partial charge in [-0.1, -0.05) is 48.5 Å². The van der Waals surface area contributed by atoms with Crippen molar-refractivity contribution in [2.75, 3.05) is 0 Å². The van der Waals surface area contributed by atoms with E-state index in [1.807, 2.05) is 18.2 Å². The lowest BCUT2D eigenvalue weighted by Gasteiger charge is -2.39. The van der Waals surface area contributed by atoms with Gasteiger partial charge in [0.15, 0.2) is 0 Å². The normalized spacial score (nSPS) is 21.3. The van der Waals surface area contributed by atoms with E-state index in [-0.39, 0.29) is 26.0 Å². The summed E-state index contributed by atoms with van der Waals surface area (Å²) >= 11 is 0. The number of amides is 3. The third kappa shape index (κ3) is 2.85. The van der Waals surface area contributed by atoms with Crippen molar-refractivity contribution in [3.05, 3.63) is 71.3 Å². The largest absolute Gasteiger partial charge is 0.459 e. The van der Waals surface area contributed by atoms with E-state index in [1.54, 1.807) is 36.4 Å². The molecule has 7 heteroatoms. The number of ether oxygens (including phenoxy) is 1. The molecular weight excluding hydrogens is 360 g/mol. The molecule has 1 fully saturated rings. The molecule has 0 saturated carbocycles. The molecule has 2 aliphatic rings. The van der Waals surface area contributed by atoms with E-state index in [4.69, 9.17) is 4.74 Å². The zero-order chi connectivity index (χ0) is 19.7. The van der Waals surface area contributed by atoms with Crippen molar-refractivity contribution in [1.82, 2.24) is 10.2 Å². The zero-order valence-electron chi connectivity index (χ0n) is 15.0. The van der Waals surface area contributed by atoms with Gasteiger partial charge in [-0.05, 0) is 23.6 Å². The van der Waals surface area contributed by atoms with Crippen LogP contribution in [-0.2, 0) is 32.3 Å². The summed E-state index contributed by atoms with van der Waals surface area (Å²) in [6.45, 7) is 0.0781. The van der Waals surface area contributed by atoms with Crippen LogP contribution in [0.3, 0.4) is 0 Å². The van der Waals surface area contributed by atoms with Crippen LogP contribution < -0.4 is 5.32 Å². The highest BCUT2D eigenvalue weighted by Gasteiger charge is 2.58. The average Bonchev–Trinajstić information content (AvgIpc) is 3.04. The van der Waals surface area contributed by atoms with E-state index in [9.17, 15) is 19.2 Å². The third-order valence-corrected chi connectivity index (χ3v) is 5.18. The number of imide groups is 1. The third-order valence-electron chi connectivity index (χ3n) is 5.18. The fourth-order valence-electron chi connectivity index (χ4n) is 3.67. The summed E-state index contributed by atoms with van der Waals surface area (Å²) in [5.74, 6) is -2.54. The topological polar surface area (TPSA) is 92.8 Å². The fraction of sp³-hybridized carbons (Fsp3) is 0.238. The van der Waals surface area contributed by atoms with Crippen molar-refractivity contribution in [2.24, 2.45) is 0 Å². The quantitative estimate of drug-likeness (QED) is 0.495. The first-order chi connectivity index (χ1) is 13.5. The predicted molar refractivity (Wildman–Crippen MR) is 97.7 cm³/mol. The van der Waals surface area contributed by atoms with Crippen LogP contribution in [0.15, 0.2) is 54.6 Å². The first kappa shape index (κ1) is 17.9. The minimum atomic E-state index is -1.86. The van der Waals surface area contributed by atoms with Crippen LogP contribution in [0.1, 0.15) is 34.3 Å². The Morgan fingerprint density at radius 3 is 2.46 bits per heavy atom. The van der Waals surface area contributed by atoms with Crippen molar-refractivity contribution < 1.29 is 23.9 Å². The first-order valence-corrected chi connectivity index (χ1v) is 8.97. The average molecular weight is 378 g/mol. The van der Waals surface area contributed by atoms with E-state index in [1.165, 1.54) is 4.90 Å². The molecule has 4 rings (SSSR count). The Morgan fingerprint density at radius 1 is 1.04 bits per heavy atom. The summed E-state index contributed by atoms with van der Waals surface area (Å²) in [7, 11) is 0. The predicted octanol–water partition coefficient (Wildman–Crippen LogP) is 1.56. The van der Waals surface area contributed by atoms with Crippen molar-refractivity contribution in [2.45, 2.75) is 31.5 Å². The molecule has 2 aliphatic heterocycles. The molecule has 1 N–H and O–H groups in total. The Hall–Kier alpha value is -3.48. The van der Waals surface area contributed by atoms with E-state index in [0.29, 0.717) is 5.56 Å². The minimum Gasteiger partial charge on any atom is -0.459 e. The monoisotopic (exact) mass is 378 g/mol. The summed E-state index contributed by atoms with van der Waals surface area (Å²) in [4.78, 5) is 51.8. The van der Waals surface area contributed by atoms with Gasteiger partial charge in [0.25, 0.3) is 11.8 Å². The Bertz CT molecular complexity index is 972. The number of hydrogen-bond acceptors (Lipinski definition) is 5. The van der Waals surface area contributed by atoms with Gasteiger partial charge in [0, 0.05) is 18.5 Å². The van der Waals surface area contributed by atoms with Crippen LogP contribution in [0, 0.1) is 0 Å². The van der Waals surface area contributed by atoms with Gasteiger partial charge >= 0.3 is 5.97 Å². The van der Waals surface area contributed by atoms with Crippen LogP contribution in [-0.4, -0.2) is 34.1 Å². The summed E-state index contributed by atoms with van der Waals surface area (Å²) < 4.78 is 5.43. The molecule has 2 aromatic rings. The number of nitrogens with zero attached hydrogens (tertiary/aromatic N) is 1. The van der Waals surface area contributed by atoms with Gasteiger partial charge in [-0.15, -0.1) is 0 Å². The second-order valence-corrected chi connectivity index (χ2v) is 6.85. The lowest BCUT2D eigenvalue weighted by Crippen LogP contribution is -2.67. The van der Waals surface area contributed by atoms with Crippen molar-refractivity contribution in [3.8, 4) is 0 Å². The van der Waals surface area contributed by atoms with E-state index < -0.39 is 29.2 Å². The molecule has 28 heavy (non-hydrogen) atoms. The number of carbonyl (C=O) groups excluding carboxylic acids is 4. The maximum atomic E-state index is 13.1. The SMILES string of the molecule is O=C1CC[C@](C(=O)OCc2ccccc2)(N2Cc3ccccc3C2=O)C(=O)N1. The molecule has 0 unspecified atom stereocenters. The molecule has 3 amide bonds. The van der Waals surface area contributed by atoms with Gasteiger partial charge in [-0.25, -0.2) is 4.79 Å². The van der Waals surface area contributed by atoms with Gasteiger partial charge in [0.1, 0.15) is 6.61 Å². The molecular formula is C21H18N2O5. The first-order valence-electron chi connectivity index (χ1n) is 8.97. The van der Waals surface area contributed by atoms with Crippen LogP contribution in [0.4, 0.5) is 0 Å². The van der Waals surface area contributed by atoms with E-state index in [0.717, 1.165) is 11.1 Å². The second-order valence-electron chi connectivity index (χ2n) is 6.85. The number of benzene rings is 2. The van der Waals surface area contributed by atoms with Crippen LogP contribution in [0.25, 0.3) is 0 Å².